The number of aliphatic imine (C=N–C) groups is 1. The average Bonchev–Trinajstić information content (AvgIpc) is 1.56. The van der Waals surface area contributed by atoms with Gasteiger partial charge in [-0.05, 0) is 158 Å². The lowest BCUT2D eigenvalue weighted by molar-refractivity contribution is 1.23. The Morgan fingerprint density at radius 3 is 0.753 bits per heavy atom. The fourth-order valence-electron chi connectivity index (χ4n) is 13.7. The van der Waals surface area contributed by atoms with Crippen LogP contribution in [0.2, 0.25) is 40.2 Å². The Labute approximate surface area is 600 Å². The second kappa shape index (κ2) is 26.1. The van der Waals surface area contributed by atoms with Gasteiger partial charge in [-0.25, -0.2) is 4.99 Å². The minimum atomic E-state index is 0.578. The van der Waals surface area contributed by atoms with Crippen molar-refractivity contribution in [2.24, 2.45) is 4.99 Å². The molecule has 0 fully saturated rings. The van der Waals surface area contributed by atoms with Crippen LogP contribution in [0.15, 0.2) is 296 Å². The summed E-state index contributed by atoms with van der Waals surface area (Å²) in [5, 5.41) is 6.21. The van der Waals surface area contributed by atoms with Gasteiger partial charge < -0.3 is 15.0 Å². The molecule has 11 aromatic carbocycles. The molecule has 466 valence electrons. The molecule has 0 radical (unpaired) electrons. The third-order valence-electron chi connectivity index (χ3n) is 17.9. The van der Waals surface area contributed by atoms with E-state index in [0.717, 1.165) is 156 Å². The third-order valence-corrected chi connectivity index (χ3v) is 19.9. The molecule has 0 unspecified atom stereocenters. The molecule has 1 aliphatic heterocycles. The van der Waals surface area contributed by atoms with Crippen molar-refractivity contribution in [1.29, 1.82) is 0 Å². The molecule has 4 heterocycles. The van der Waals surface area contributed by atoms with Gasteiger partial charge in [-0.1, -0.05) is 281 Å². The van der Waals surface area contributed by atoms with Gasteiger partial charge in [-0.2, -0.15) is 0 Å². The summed E-state index contributed by atoms with van der Waals surface area (Å²) in [4.78, 5) is 19.4. The van der Waals surface area contributed by atoms with Crippen LogP contribution in [0.4, 0.5) is 0 Å². The molecule has 8 bridgehead atoms. The second-order valence-corrected chi connectivity index (χ2v) is 27.2. The first-order valence-corrected chi connectivity index (χ1v) is 34.3. The lowest BCUT2D eigenvalue weighted by atomic mass is 9.84. The maximum atomic E-state index is 6.97. The molecule has 1 aliphatic carbocycles. The SMILES string of the molecule is Clc1ccc(C2=C(c3ccc(Cl)cc3)C3=C(c4ccccc4)c4[nH]c(c(-c5ccc(Cl)cc5)c4-c4ccc(Cl)cc4)-c4[nH]c(c(-c5ccc(Cl)cc5)c4-c4ccc(Cl)cc4)C(c4ccccc4)=c4[nH]c(c(-c5ccc(Cl)cc5)c4-c4ccc(Cl)cc4)=C(c4ccccc4)C2=N3)cc1. The molecule has 97 heavy (non-hydrogen) atoms. The van der Waals surface area contributed by atoms with E-state index in [1.165, 1.54) is 0 Å². The van der Waals surface area contributed by atoms with Crippen molar-refractivity contribution in [2.45, 2.75) is 0 Å². The van der Waals surface area contributed by atoms with Crippen molar-refractivity contribution >= 4 is 126 Å². The molecule has 3 aromatic heterocycles. The monoisotopic (exact) mass is 1410 g/mol. The topological polar surface area (TPSA) is 59.7 Å². The highest BCUT2D eigenvalue weighted by atomic mass is 35.5. The van der Waals surface area contributed by atoms with E-state index in [9.17, 15) is 0 Å². The summed E-state index contributed by atoms with van der Waals surface area (Å²) >= 11 is 55.7. The van der Waals surface area contributed by atoms with E-state index in [1.807, 2.05) is 115 Å². The Morgan fingerprint density at radius 2 is 0.423 bits per heavy atom. The molecule has 0 saturated carbocycles. The number of aromatic nitrogens is 3. The summed E-state index contributed by atoms with van der Waals surface area (Å²) in [5.41, 5.74) is 23.4. The summed E-state index contributed by atoms with van der Waals surface area (Å²) in [5.74, 6) is 0. The number of H-pyrrole nitrogens is 3. The number of nitrogens with zero attached hydrogens (tertiary/aromatic N) is 1. The normalized spacial score (nSPS) is 12.9. The van der Waals surface area contributed by atoms with E-state index in [-0.39, 0.29) is 0 Å². The number of allylic oxidation sites excluding steroid dienone is 2. The van der Waals surface area contributed by atoms with Crippen molar-refractivity contribution in [2.75, 3.05) is 0 Å². The molecule has 0 atom stereocenters. The number of hydrogen-bond donors (Lipinski definition) is 3. The van der Waals surface area contributed by atoms with Crippen LogP contribution in [0.5, 0.6) is 0 Å². The van der Waals surface area contributed by atoms with Gasteiger partial charge in [0.15, 0.2) is 0 Å². The molecule has 2 aliphatic rings. The standard InChI is InChI=1S/C85H50Cl8N4/c86-59-32-16-51(17-33-59)67-69(53-20-36-61(88)37-21-53)80-76(49-12-6-2-7-13-49)82-71(55-24-40-63(90)41-25-55)73(57-28-44-65(92)45-29-57)84(96-82)85-74(58-30-46-66(93)47-31-58)72(56-26-42-64(91)43-27-56)83(97-85)77(50-14-8-3-9-15-50)81-70(54-22-38-62(89)39-23-54)68(52-18-34-60(87)35-19-52)79(95-81)75(78(67)94-80)48-10-4-1-5-11-48/h1-47,94,96-97H. The number of benzene rings is 11. The van der Waals surface area contributed by atoms with Crippen LogP contribution >= 0.6 is 92.8 Å². The zero-order chi connectivity index (χ0) is 66.0. The molecule has 0 saturated heterocycles. The summed E-state index contributed by atoms with van der Waals surface area (Å²) in [6.45, 7) is 0. The highest BCUT2D eigenvalue weighted by Crippen LogP contribution is 2.55. The maximum Gasteiger partial charge on any atom is 0.0822 e. The van der Waals surface area contributed by atoms with Crippen LogP contribution in [-0.4, -0.2) is 20.7 Å². The summed E-state index contributed by atoms with van der Waals surface area (Å²) in [7, 11) is 0. The van der Waals surface area contributed by atoms with E-state index in [1.54, 1.807) is 0 Å². The third kappa shape index (κ3) is 11.6. The molecule has 3 N–H and O–H groups in total. The zero-order valence-corrected chi connectivity index (χ0v) is 57.2. The fraction of sp³-hybridized carbons (Fsp3) is 0. The van der Waals surface area contributed by atoms with Crippen molar-refractivity contribution in [3.05, 3.63) is 381 Å². The number of rotatable bonds is 11. The first-order chi connectivity index (χ1) is 47.4. The summed E-state index contributed by atoms with van der Waals surface area (Å²) in [6.07, 6.45) is 0. The van der Waals surface area contributed by atoms with Gasteiger partial charge in [0.1, 0.15) is 0 Å². The van der Waals surface area contributed by atoms with Crippen LogP contribution in [0.25, 0.3) is 106 Å². The Kier molecular flexibility index (Phi) is 16.8. The molecule has 0 spiro atoms. The van der Waals surface area contributed by atoms with Crippen molar-refractivity contribution in [1.82, 2.24) is 15.0 Å². The van der Waals surface area contributed by atoms with E-state index in [2.05, 4.69) is 185 Å². The highest BCUT2D eigenvalue weighted by molar-refractivity contribution is 6.52. The van der Waals surface area contributed by atoms with Gasteiger partial charge in [0.25, 0.3) is 0 Å². The average molecular weight is 1410 g/mol. The first-order valence-electron chi connectivity index (χ1n) is 31.3. The number of hydrogen-bond acceptors (Lipinski definition) is 1. The smallest absolute Gasteiger partial charge is 0.0822 e. The van der Waals surface area contributed by atoms with E-state index in [0.29, 0.717) is 51.6 Å². The molecule has 0 amide bonds. The van der Waals surface area contributed by atoms with Crippen molar-refractivity contribution in [3.63, 3.8) is 0 Å². The maximum absolute atomic E-state index is 6.97. The Hall–Kier alpha value is -9.53. The molecular formula is C85H50Cl8N4. The molecule has 14 aromatic rings. The van der Waals surface area contributed by atoms with Gasteiger partial charge in [0.05, 0.1) is 44.9 Å². The van der Waals surface area contributed by atoms with Crippen LogP contribution < -0.4 is 10.7 Å². The Bertz CT molecular complexity index is 5600. The Balaban J connectivity index is 1.27. The molecule has 4 nitrogen and oxygen atoms in total. The van der Waals surface area contributed by atoms with Gasteiger partial charge in [0.2, 0.25) is 0 Å². The number of halogens is 8. The van der Waals surface area contributed by atoms with Crippen LogP contribution in [0, 0.1) is 0 Å². The van der Waals surface area contributed by atoms with Crippen LogP contribution in [-0.2, 0) is 0 Å². The molecular weight excluding hydrogens is 1360 g/mol. The van der Waals surface area contributed by atoms with Gasteiger partial charge in [0, 0.05) is 101 Å². The first kappa shape index (κ1) is 62.3. The molecule has 16 rings (SSSR count). The van der Waals surface area contributed by atoms with Gasteiger partial charge in [-0.3, -0.25) is 0 Å². The second-order valence-electron chi connectivity index (χ2n) is 23.7. The van der Waals surface area contributed by atoms with Gasteiger partial charge >= 0.3 is 0 Å². The van der Waals surface area contributed by atoms with Crippen molar-refractivity contribution in [3.8, 4) is 78.1 Å². The number of fused-ring (bicyclic) bond motifs is 12. The lowest BCUT2D eigenvalue weighted by Crippen LogP contribution is -2.22. The van der Waals surface area contributed by atoms with E-state index >= 15 is 0 Å². The quantitative estimate of drug-likeness (QED) is 0.116. The lowest BCUT2D eigenvalue weighted by Gasteiger charge is -2.17. The predicted octanol–water partition coefficient (Wildman–Crippen LogP) is 24.9. The summed E-state index contributed by atoms with van der Waals surface area (Å²) in [6, 6.07) is 96.0. The van der Waals surface area contributed by atoms with E-state index in [4.69, 9.17) is 97.8 Å². The van der Waals surface area contributed by atoms with Crippen molar-refractivity contribution < 1.29 is 0 Å². The number of nitrogens with one attached hydrogen (secondary N) is 3. The highest BCUT2D eigenvalue weighted by Gasteiger charge is 2.38. The largest absolute Gasteiger partial charge is 0.353 e. The minimum absolute atomic E-state index is 0.578. The molecule has 12 heteroatoms. The predicted molar refractivity (Wildman–Crippen MR) is 410 cm³/mol. The van der Waals surface area contributed by atoms with Crippen LogP contribution in [0.3, 0.4) is 0 Å². The minimum Gasteiger partial charge on any atom is -0.353 e. The summed E-state index contributed by atoms with van der Waals surface area (Å²) < 4.78 is 0. The fourth-order valence-corrected chi connectivity index (χ4v) is 14.7. The zero-order valence-electron chi connectivity index (χ0n) is 51.1. The van der Waals surface area contributed by atoms with E-state index < -0.39 is 0 Å². The Morgan fingerprint density at radius 1 is 0.186 bits per heavy atom. The number of aromatic amines is 3. The van der Waals surface area contributed by atoms with Crippen LogP contribution in [0.1, 0.15) is 39.2 Å². The van der Waals surface area contributed by atoms with Gasteiger partial charge in [-0.15, -0.1) is 0 Å².